The minimum atomic E-state index is -0.0684. The van der Waals surface area contributed by atoms with Gasteiger partial charge >= 0.3 is 0 Å². The molecule has 1 heterocycles. The number of hydrogen-bond acceptors (Lipinski definition) is 3. The largest absolute Gasteiger partial charge is 0.330 e. The van der Waals surface area contributed by atoms with Crippen LogP contribution in [-0.4, -0.2) is 11.5 Å². The first kappa shape index (κ1) is 13.3. The van der Waals surface area contributed by atoms with Crippen molar-refractivity contribution in [1.29, 1.82) is 0 Å². The molecule has 3 nitrogen and oxygen atoms in total. The van der Waals surface area contributed by atoms with Crippen molar-refractivity contribution in [2.24, 2.45) is 11.5 Å². The summed E-state index contributed by atoms with van der Waals surface area (Å²) in [6.07, 6.45) is 2.89. The molecular formula is C14H18ClN3. The maximum atomic E-state index is 6.20. The van der Waals surface area contributed by atoms with Gasteiger partial charge in [-0.3, -0.25) is 0 Å². The summed E-state index contributed by atoms with van der Waals surface area (Å²) in [5.41, 5.74) is 13.5. The van der Waals surface area contributed by atoms with Gasteiger partial charge in [0.15, 0.2) is 0 Å². The van der Waals surface area contributed by atoms with Gasteiger partial charge in [-0.2, -0.15) is 0 Å². The Balaban J connectivity index is 2.24. The fourth-order valence-corrected chi connectivity index (χ4v) is 2.32. The number of benzene rings is 1. The summed E-state index contributed by atoms with van der Waals surface area (Å²) in [6.45, 7) is 0.705. The molecule has 1 aromatic carbocycles. The summed E-state index contributed by atoms with van der Waals surface area (Å²) in [6, 6.07) is 9.88. The summed E-state index contributed by atoms with van der Waals surface area (Å²) in [5, 5.41) is 1.58. The molecule has 4 N–H and O–H groups in total. The maximum absolute atomic E-state index is 6.20. The van der Waals surface area contributed by atoms with Gasteiger partial charge in [-0.15, -0.1) is 0 Å². The number of nitrogens with two attached hydrogens (primary N) is 2. The number of halogens is 1. The zero-order valence-electron chi connectivity index (χ0n) is 10.3. The molecule has 0 aliphatic carbocycles. The van der Waals surface area contributed by atoms with E-state index < -0.39 is 0 Å². The molecule has 0 amide bonds. The lowest BCUT2D eigenvalue weighted by atomic mass is 10.0. The molecule has 0 aliphatic heterocycles. The minimum absolute atomic E-state index is 0.0684. The summed E-state index contributed by atoms with van der Waals surface area (Å²) >= 11 is 6.20. The van der Waals surface area contributed by atoms with E-state index in [-0.39, 0.29) is 6.04 Å². The molecule has 0 radical (unpaired) electrons. The number of nitrogens with zero attached hydrogens (tertiary/aromatic N) is 1. The smallest absolute Gasteiger partial charge is 0.134 e. The van der Waals surface area contributed by atoms with Crippen LogP contribution in [0.3, 0.4) is 0 Å². The summed E-state index contributed by atoms with van der Waals surface area (Å²) in [5.74, 6) is 0. The summed E-state index contributed by atoms with van der Waals surface area (Å²) in [7, 11) is 0. The highest BCUT2D eigenvalue weighted by atomic mass is 35.5. The van der Waals surface area contributed by atoms with Crippen molar-refractivity contribution in [3.05, 3.63) is 41.0 Å². The molecule has 1 aromatic heterocycles. The van der Waals surface area contributed by atoms with Crippen LogP contribution in [0.15, 0.2) is 30.3 Å². The van der Waals surface area contributed by atoms with Gasteiger partial charge in [-0.1, -0.05) is 36.2 Å². The van der Waals surface area contributed by atoms with Crippen molar-refractivity contribution in [1.82, 2.24) is 4.98 Å². The first-order valence-corrected chi connectivity index (χ1v) is 6.61. The zero-order valence-corrected chi connectivity index (χ0v) is 11.0. The number of unbranched alkanes of at least 4 members (excludes halogenated alkanes) is 1. The van der Waals surface area contributed by atoms with E-state index in [1.807, 2.05) is 30.3 Å². The van der Waals surface area contributed by atoms with Crippen molar-refractivity contribution in [3.63, 3.8) is 0 Å². The Kier molecular flexibility index (Phi) is 4.53. The average molecular weight is 264 g/mol. The fourth-order valence-electron chi connectivity index (χ4n) is 2.03. The Morgan fingerprint density at radius 3 is 2.78 bits per heavy atom. The number of para-hydroxylation sites is 1. The number of rotatable bonds is 5. The standard InChI is InChI=1S/C14H18ClN3/c15-14-11(12(17)6-3-4-8-16)9-10-5-1-2-7-13(10)18-14/h1-2,5,7,9,12H,3-4,6,8,16-17H2/t12-/m1/s1. The van der Waals surface area contributed by atoms with E-state index in [0.717, 1.165) is 35.7 Å². The molecule has 18 heavy (non-hydrogen) atoms. The normalized spacial score (nSPS) is 12.8. The van der Waals surface area contributed by atoms with Gasteiger partial charge in [0, 0.05) is 17.0 Å². The third-order valence-electron chi connectivity index (χ3n) is 3.07. The Hall–Kier alpha value is -1.16. The van der Waals surface area contributed by atoms with E-state index >= 15 is 0 Å². The van der Waals surface area contributed by atoms with Gasteiger partial charge < -0.3 is 11.5 Å². The highest BCUT2D eigenvalue weighted by Crippen LogP contribution is 2.27. The lowest BCUT2D eigenvalue weighted by molar-refractivity contribution is 0.590. The lowest BCUT2D eigenvalue weighted by Gasteiger charge is -2.13. The maximum Gasteiger partial charge on any atom is 0.134 e. The van der Waals surface area contributed by atoms with Gasteiger partial charge in [0.2, 0.25) is 0 Å². The predicted octanol–water partition coefficient (Wildman–Crippen LogP) is 3.02. The summed E-state index contributed by atoms with van der Waals surface area (Å²) < 4.78 is 0. The molecule has 96 valence electrons. The van der Waals surface area contributed by atoms with Gasteiger partial charge in [-0.05, 0) is 31.5 Å². The molecule has 2 aromatic rings. The first-order chi connectivity index (χ1) is 8.72. The van der Waals surface area contributed by atoms with Crippen LogP contribution in [-0.2, 0) is 0 Å². The van der Waals surface area contributed by atoms with Crippen molar-refractivity contribution in [2.45, 2.75) is 25.3 Å². The lowest BCUT2D eigenvalue weighted by Crippen LogP contribution is -2.12. The fraction of sp³-hybridized carbons (Fsp3) is 0.357. The molecule has 2 rings (SSSR count). The molecule has 4 heteroatoms. The second-order valence-corrected chi connectivity index (χ2v) is 4.81. The third kappa shape index (κ3) is 2.99. The quantitative estimate of drug-likeness (QED) is 0.644. The molecule has 0 bridgehead atoms. The summed E-state index contributed by atoms with van der Waals surface area (Å²) in [4.78, 5) is 4.39. The van der Waals surface area contributed by atoms with E-state index in [0.29, 0.717) is 11.7 Å². The van der Waals surface area contributed by atoms with E-state index in [1.54, 1.807) is 0 Å². The van der Waals surface area contributed by atoms with Gasteiger partial charge in [0.1, 0.15) is 5.15 Å². The van der Waals surface area contributed by atoms with Crippen LogP contribution in [0.2, 0.25) is 5.15 Å². The van der Waals surface area contributed by atoms with E-state index in [2.05, 4.69) is 4.98 Å². The van der Waals surface area contributed by atoms with Crippen LogP contribution in [0.5, 0.6) is 0 Å². The Bertz CT molecular complexity index is 527. The van der Waals surface area contributed by atoms with Crippen LogP contribution < -0.4 is 11.5 Å². The molecule has 1 atom stereocenters. The van der Waals surface area contributed by atoms with Crippen LogP contribution in [0, 0.1) is 0 Å². The number of fused-ring (bicyclic) bond motifs is 1. The van der Waals surface area contributed by atoms with Gasteiger partial charge in [-0.25, -0.2) is 4.98 Å². The Morgan fingerprint density at radius 2 is 2.00 bits per heavy atom. The average Bonchev–Trinajstić information content (AvgIpc) is 2.38. The minimum Gasteiger partial charge on any atom is -0.330 e. The van der Waals surface area contributed by atoms with Crippen LogP contribution >= 0.6 is 11.6 Å². The first-order valence-electron chi connectivity index (χ1n) is 6.23. The highest BCUT2D eigenvalue weighted by molar-refractivity contribution is 6.30. The molecule has 0 spiro atoms. The van der Waals surface area contributed by atoms with Crippen molar-refractivity contribution < 1.29 is 0 Å². The molecule has 0 saturated heterocycles. The zero-order chi connectivity index (χ0) is 13.0. The third-order valence-corrected chi connectivity index (χ3v) is 3.38. The number of pyridine rings is 1. The molecule has 0 unspecified atom stereocenters. The van der Waals surface area contributed by atoms with Crippen molar-refractivity contribution in [3.8, 4) is 0 Å². The predicted molar refractivity (Wildman–Crippen MR) is 76.6 cm³/mol. The topological polar surface area (TPSA) is 64.9 Å². The Morgan fingerprint density at radius 1 is 1.22 bits per heavy atom. The number of aromatic nitrogens is 1. The van der Waals surface area contributed by atoms with Gasteiger partial charge in [0.25, 0.3) is 0 Å². The second-order valence-electron chi connectivity index (χ2n) is 4.45. The van der Waals surface area contributed by atoms with Crippen molar-refractivity contribution in [2.75, 3.05) is 6.54 Å². The second kappa shape index (κ2) is 6.14. The van der Waals surface area contributed by atoms with E-state index in [9.17, 15) is 0 Å². The van der Waals surface area contributed by atoms with Crippen LogP contribution in [0.4, 0.5) is 0 Å². The molecular weight excluding hydrogens is 246 g/mol. The van der Waals surface area contributed by atoms with E-state index in [4.69, 9.17) is 23.1 Å². The Labute approximate surface area is 112 Å². The highest BCUT2D eigenvalue weighted by Gasteiger charge is 2.12. The van der Waals surface area contributed by atoms with E-state index in [1.165, 1.54) is 0 Å². The van der Waals surface area contributed by atoms with Crippen LogP contribution in [0.25, 0.3) is 10.9 Å². The van der Waals surface area contributed by atoms with Crippen molar-refractivity contribution >= 4 is 22.5 Å². The molecule has 0 fully saturated rings. The molecule has 0 aliphatic rings. The van der Waals surface area contributed by atoms with Gasteiger partial charge in [0.05, 0.1) is 5.52 Å². The molecule has 0 saturated carbocycles. The SMILES string of the molecule is NCCCC[C@@H](N)c1cc2ccccc2nc1Cl. The van der Waals surface area contributed by atoms with Crippen LogP contribution in [0.1, 0.15) is 30.9 Å². The number of hydrogen-bond donors (Lipinski definition) is 2. The monoisotopic (exact) mass is 263 g/mol.